The van der Waals surface area contributed by atoms with Crippen LogP contribution in [0.15, 0.2) is 18.2 Å². The highest BCUT2D eigenvalue weighted by molar-refractivity contribution is 5.37. The van der Waals surface area contributed by atoms with Crippen LogP contribution in [0.1, 0.15) is 62.3 Å². The molecular weight excluding hydrogens is 222 g/mol. The summed E-state index contributed by atoms with van der Waals surface area (Å²) >= 11 is 0. The topological polar surface area (TPSA) is 20.2 Å². The Morgan fingerprint density at radius 1 is 0.941 bits per heavy atom. The van der Waals surface area contributed by atoms with Gasteiger partial charge in [-0.3, -0.25) is 0 Å². The quantitative estimate of drug-likeness (QED) is 0.837. The van der Waals surface area contributed by atoms with Gasteiger partial charge in [-0.2, -0.15) is 0 Å². The standard InChI is InChI=1S/C14H20F2O/c1-8(2)10-5-6-11(13(17)14(15)16)12(7-10)9(3)4/h5-9,13-14,17H,1-4H3. The number of alkyl halides is 2. The highest BCUT2D eigenvalue weighted by atomic mass is 19.3. The van der Waals surface area contributed by atoms with Crippen molar-refractivity contribution in [2.45, 2.75) is 52.1 Å². The molecule has 0 saturated carbocycles. The van der Waals surface area contributed by atoms with Crippen LogP contribution in [-0.2, 0) is 0 Å². The molecule has 0 heterocycles. The highest BCUT2D eigenvalue weighted by Gasteiger charge is 2.23. The maximum atomic E-state index is 12.6. The second-order valence-corrected chi connectivity index (χ2v) is 4.98. The van der Waals surface area contributed by atoms with Crippen LogP contribution < -0.4 is 0 Å². The van der Waals surface area contributed by atoms with Crippen molar-refractivity contribution < 1.29 is 13.9 Å². The summed E-state index contributed by atoms with van der Waals surface area (Å²) in [4.78, 5) is 0. The molecule has 0 bridgehead atoms. The Labute approximate surface area is 101 Å². The molecule has 1 aromatic carbocycles. The fraction of sp³-hybridized carbons (Fsp3) is 0.571. The number of hydrogen-bond donors (Lipinski definition) is 1. The summed E-state index contributed by atoms with van der Waals surface area (Å²) in [7, 11) is 0. The summed E-state index contributed by atoms with van der Waals surface area (Å²) in [6.45, 7) is 8.01. The smallest absolute Gasteiger partial charge is 0.268 e. The Hall–Kier alpha value is -0.960. The van der Waals surface area contributed by atoms with Gasteiger partial charge >= 0.3 is 0 Å². The first-order chi connectivity index (χ1) is 7.84. The molecule has 0 radical (unpaired) electrons. The molecule has 1 unspecified atom stereocenters. The number of rotatable bonds is 4. The molecule has 1 N–H and O–H groups in total. The molecule has 1 nitrogen and oxygen atoms in total. The van der Waals surface area contributed by atoms with E-state index in [1.165, 1.54) is 0 Å². The van der Waals surface area contributed by atoms with E-state index < -0.39 is 12.5 Å². The average molecular weight is 242 g/mol. The molecule has 1 aromatic rings. The first-order valence-electron chi connectivity index (χ1n) is 5.94. The van der Waals surface area contributed by atoms with Crippen LogP contribution >= 0.6 is 0 Å². The van der Waals surface area contributed by atoms with E-state index in [4.69, 9.17) is 0 Å². The molecule has 0 aliphatic heterocycles. The number of aliphatic hydroxyl groups is 1. The van der Waals surface area contributed by atoms with Crippen molar-refractivity contribution in [3.05, 3.63) is 34.9 Å². The minimum Gasteiger partial charge on any atom is -0.382 e. The zero-order valence-electron chi connectivity index (χ0n) is 10.7. The van der Waals surface area contributed by atoms with Gasteiger partial charge in [-0.15, -0.1) is 0 Å². The molecule has 0 aliphatic rings. The SMILES string of the molecule is CC(C)c1ccc(C(O)C(F)F)c(C(C)C)c1. The first kappa shape index (κ1) is 14.1. The van der Waals surface area contributed by atoms with Gasteiger partial charge in [0.15, 0.2) is 0 Å². The van der Waals surface area contributed by atoms with Crippen molar-refractivity contribution in [1.29, 1.82) is 0 Å². The predicted octanol–water partition coefficient (Wildman–Crippen LogP) is 4.23. The molecule has 3 heteroatoms. The van der Waals surface area contributed by atoms with Crippen molar-refractivity contribution in [3.63, 3.8) is 0 Å². The fourth-order valence-corrected chi connectivity index (χ4v) is 1.86. The van der Waals surface area contributed by atoms with Crippen LogP contribution in [0.25, 0.3) is 0 Å². The van der Waals surface area contributed by atoms with Gasteiger partial charge in [0.2, 0.25) is 0 Å². The highest BCUT2D eigenvalue weighted by Crippen LogP contribution is 2.31. The van der Waals surface area contributed by atoms with Gasteiger partial charge in [0.25, 0.3) is 6.43 Å². The van der Waals surface area contributed by atoms with Crippen molar-refractivity contribution in [3.8, 4) is 0 Å². The predicted molar refractivity (Wildman–Crippen MR) is 65.6 cm³/mol. The molecule has 1 atom stereocenters. The molecular formula is C14H20F2O. The maximum absolute atomic E-state index is 12.6. The van der Waals surface area contributed by atoms with Crippen LogP contribution in [0.2, 0.25) is 0 Å². The van der Waals surface area contributed by atoms with E-state index in [9.17, 15) is 13.9 Å². The van der Waals surface area contributed by atoms with E-state index in [1.807, 2.05) is 26.0 Å². The zero-order valence-corrected chi connectivity index (χ0v) is 10.7. The summed E-state index contributed by atoms with van der Waals surface area (Å²) in [5.74, 6) is 0.474. The monoisotopic (exact) mass is 242 g/mol. The number of hydrogen-bond acceptors (Lipinski definition) is 1. The van der Waals surface area contributed by atoms with Gasteiger partial charge in [0.1, 0.15) is 6.10 Å². The van der Waals surface area contributed by atoms with Crippen LogP contribution in [0, 0.1) is 0 Å². The second kappa shape index (κ2) is 5.58. The number of aliphatic hydroxyl groups excluding tert-OH is 1. The van der Waals surface area contributed by atoms with Gasteiger partial charge in [-0.1, -0.05) is 45.9 Å². The molecule has 0 aliphatic carbocycles. The van der Waals surface area contributed by atoms with E-state index in [1.54, 1.807) is 6.07 Å². The van der Waals surface area contributed by atoms with Gasteiger partial charge in [-0.25, -0.2) is 8.78 Å². The third-order valence-electron chi connectivity index (χ3n) is 2.96. The molecule has 17 heavy (non-hydrogen) atoms. The lowest BCUT2D eigenvalue weighted by Gasteiger charge is -2.19. The van der Waals surface area contributed by atoms with Crippen LogP contribution in [0.4, 0.5) is 8.78 Å². The minimum atomic E-state index is -2.74. The van der Waals surface area contributed by atoms with Gasteiger partial charge in [-0.05, 0) is 28.5 Å². The van der Waals surface area contributed by atoms with E-state index in [2.05, 4.69) is 13.8 Å². The van der Waals surface area contributed by atoms with Crippen LogP contribution in [0.3, 0.4) is 0 Å². The van der Waals surface area contributed by atoms with E-state index >= 15 is 0 Å². The molecule has 0 saturated heterocycles. The largest absolute Gasteiger partial charge is 0.382 e. The number of benzene rings is 1. The normalized spacial score (nSPS) is 13.8. The Balaban J connectivity index is 3.22. The molecule has 1 rings (SSSR count). The van der Waals surface area contributed by atoms with Gasteiger partial charge in [0, 0.05) is 0 Å². The van der Waals surface area contributed by atoms with Crippen molar-refractivity contribution in [2.24, 2.45) is 0 Å². The van der Waals surface area contributed by atoms with E-state index in [0.29, 0.717) is 11.5 Å². The van der Waals surface area contributed by atoms with Crippen molar-refractivity contribution in [1.82, 2.24) is 0 Å². The lowest BCUT2D eigenvalue weighted by molar-refractivity contribution is -0.00638. The Kier molecular flexibility index (Phi) is 4.63. The third kappa shape index (κ3) is 3.25. The Morgan fingerprint density at radius 2 is 1.53 bits per heavy atom. The van der Waals surface area contributed by atoms with Crippen LogP contribution in [0.5, 0.6) is 0 Å². The van der Waals surface area contributed by atoms with E-state index in [-0.39, 0.29) is 5.92 Å². The summed E-state index contributed by atoms with van der Waals surface area (Å²) in [5.41, 5.74) is 2.27. The lowest BCUT2D eigenvalue weighted by atomic mass is 9.89. The van der Waals surface area contributed by atoms with Crippen molar-refractivity contribution >= 4 is 0 Å². The maximum Gasteiger partial charge on any atom is 0.268 e. The molecule has 0 amide bonds. The zero-order chi connectivity index (χ0) is 13.2. The van der Waals surface area contributed by atoms with Crippen LogP contribution in [-0.4, -0.2) is 11.5 Å². The molecule has 0 aromatic heterocycles. The van der Waals surface area contributed by atoms with Crippen molar-refractivity contribution in [2.75, 3.05) is 0 Å². The lowest BCUT2D eigenvalue weighted by Crippen LogP contribution is -2.12. The Morgan fingerprint density at radius 3 is 1.94 bits per heavy atom. The Bertz CT molecular complexity index is 372. The van der Waals surface area contributed by atoms with Gasteiger partial charge < -0.3 is 5.11 Å². The molecule has 0 spiro atoms. The summed E-state index contributed by atoms with van der Waals surface area (Å²) < 4.78 is 25.1. The van der Waals surface area contributed by atoms with E-state index in [0.717, 1.165) is 11.1 Å². The number of halogens is 2. The summed E-state index contributed by atoms with van der Waals surface area (Å²) in [6.07, 6.45) is -4.42. The third-order valence-corrected chi connectivity index (χ3v) is 2.96. The average Bonchev–Trinajstić information content (AvgIpc) is 2.26. The second-order valence-electron chi connectivity index (χ2n) is 4.98. The molecule has 0 fully saturated rings. The minimum absolute atomic E-state index is 0.122. The summed E-state index contributed by atoms with van der Waals surface area (Å²) in [5, 5.41) is 9.51. The fourth-order valence-electron chi connectivity index (χ4n) is 1.86. The first-order valence-corrected chi connectivity index (χ1v) is 5.94. The van der Waals surface area contributed by atoms with Gasteiger partial charge in [0.05, 0.1) is 0 Å². The molecule has 96 valence electrons. The summed E-state index contributed by atoms with van der Waals surface area (Å²) in [6, 6.07) is 5.37.